The van der Waals surface area contributed by atoms with Crippen LogP contribution in [0.2, 0.25) is 0 Å². The minimum atomic E-state index is -3.83. The molecule has 1 aromatic rings. The van der Waals surface area contributed by atoms with E-state index in [9.17, 15) is 18.0 Å². The third-order valence-electron chi connectivity index (χ3n) is 6.28. The minimum absolute atomic E-state index is 0.0382. The molecule has 1 amide bonds. The molecule has 0 aromatic heterocycles. The van der Waals surface area contributed by atoms with Crippen LogP contribution in [0.15, 0.2) is 23.1 Å². The number of carbonyl (C=O) groups excluding carboxylic acids is 2. The Kier molecular flexibility index (Phi) is 7.26. The summed E-state index contributed by atoms with van der Waals surface area (Å²) < 4.78 is 38.3. The van der Waals surface area contributed by atoms with Crippen molar-refractivity contribution in [2.45, 2.75) is 76.0 Å². The Morgan fingerprint density at radius 1 is 1.13 bits per heavy atom. The fourth-order valence-electron chi connectivity index (χ4n) is 3.87. The lowest BCUT2D eigenvalue weighted by Crippen LogP contribution is -2.47. The van der Waals surface area contributed by atoms with E-state index >= 15 is 0 Å². The number of esters is 1. The van der Waals surface area contributed by atoms with Crippen LogP contribution in [0.25, 0.3) is 0 Å². The van der Waals surface area contributed by atoms with Crippen molar-refractivity contribution in [3.8, 4) is 5.75 Å². The van der Waals surface area contributed by atoms with E-state index in [1.807, 2.05) is 0 Å². The van der Waals surface area contributed by atoms with Gasteiger partial charge in [-0.1, -0.05) is 26.7 Å². The third-order valence-corrected chi connectivity index (χ3v) is 7.82. The third kappa shape index (κ3) is 5.77. The molecule has 0 bridgehead atoms. The van der Waals surface area contributed by atoms with Crippen LogP contribution in [0, 0.1) is 11.8 Å². The van der Waals surface area contributed by atoms with Gasteiger partial charge in [0, 0.05) is 12.1 Å². The van der Waals surface area contributed by atoms with Crippen molar-refractivity contribution in [3.05, 3.63) is 23.8 Å². The number of methoxy groups -OCH3 is 1. The maximum Gasteiger partial charge on any atom is 0.338 e. The summed E-state index contributed by atoms with van der Waals surface area (Å²) in [5.41, 5.74) is 0.0382. The molecule has 4 atom stereocenters. The molecule has 0 radical (unpaired) electrons. The quantitative estimate of drug-likeness (QED) is 0.587. The van der Waals surface area contributed by atoms with Crippen LogP contribution in [0.5, 0.6) is 5.75 Å². The van der Waals surface area contributed by atoms with Gasteiger partial charge in [0.25, 0.3) is 5.91 Å². The fourth-order valence-corrected chi connectivity index (χ4v) is 5.37. The number of hydrogen-bond acceptors (Lipinski definition) is 6. The normalized spacial score (nSPS) is 24.8. The van der Waals surface area contributed by atoms with Crippen molar-refractivity contribution in [2.75, 3.05) is 7.11 Å². The highest BCUT2D eigenvalue weighted by atomic mass is 32.2. The Hall–Kier alpha value is -2.13. The van der Waals surface area contributed by atoms with E-state index in [1.165, 1.54) is 32.2 Å². The average molecular weight is 453 g/mol. The largest absolute Gasteiger partial charge is 0.495 e. The smallest absolute Gasteiger partial charge is 0.338 e. The van der Waals surface area contributed by atoms with Gasteiger partial charge in [-0.3, -0.25) is 4.79 Å². The molecule has 2 aliphatic carbocycles. The number of carbonyl (C=O) groups is 2. The van der Waals surface area contributed by atoms with E-state index in [0.29, 0.717) is 11.8 Å². The van der Waals surface area contributed by atoms with E-state index in [1.54, 1.807) is 0 Å². The Labute approximate surface area is 184 Å². The van der Waals surface area contributed by atoms with Crippen LogP contribution < -0.4 is 14.8 Å². The predicted octanol–water partition coefficient (Wildman–Crippen LogP) is 2.62. The highest BCUT2D eigenvalue weighted by Gasteiger charge is 2.32. The summed E-state index contributed by atoms with van der Waals surface area (Å²) in [4.78, 5) is 25.1. The highest BCUT2D eigenvalue weighted by Crippen LogP contribution is 2.30. The van der Waals surface area contributed by atoms with Gasteiger partial charge in [-0.05, 0) is 56.2 Å². The predicted molar refractivity (Wildman–Crippen MR) is 115 cm³/mol. The molecule has 2 N–H and O–H groups in total. The number of ether oxygens (including phenoxy) is 2. The number of amides is 1. The molecule has 2 aliphatic rings. The van der Waals surface area contributed by atoms with Crippen molar-refractivity contribution < 1.29 is 27.5 Å². The van der Waals surface area contributed by atoms with Gasteiger partial charge in [0.15, 0.2) is 6.10 Å². The second-order valence-electron chi connectivity index (χ2n) is 8.69. The maximum atomic E-state index is 12.6. The maximum absolute atomic E-state index is 12.6. The van der Waals surface area contributed by atoms with Gasteiger partial charge in [0.2, 0.25) is 10.0 Å². The zero-order valence-electron chi connectivity index (χ0n) is 18.5. The first-order valence-electron chi connectivity index (χ1n) is 10.8. The molecule has 0 aliphatic heterocycles. The van der Waals surface area contributed by atoms with E-state index in [-0.39, 0.29) is 34.2 Å². The number of nitrogens with one attached hydrogen (secondary N) is 2. The van der Waals surface area contributed by atoms with Crippen LogP contribution in [-0.2, 0) is 19.6 Å². The molecule has 31 heavy (non-hydrogen) atoms. The molecule has 3 rings (SSSR count). The summed E-state index contributed by atoms with van der Waals surface area (Å²) >= 11 is 0. The Morgan fingerprint density at radius 2 is 1.84 bits per heavy atom. The van der Waals surface area contributed by atoms with E-state index in [4.69, 9.17) is 9.47 Å². The molecule has 0 heterocycles. The second kappa shape index (κ2) is 9.56. The lowest BCUT2D eigenvalue weighted by Gasteiger charge is -2.35. The van der Waals surface area contributed by atoms with Crippen molar-refractivity contribution in [2.24, 2.45) is 11.8 Å². The minimum Gasteiger partial charge on any atom is -0.495 e. The topological polar surface area (TPSA) is 111 Å². The first-order valence-corrected chi connectivity index (χ1v) is 12.3. The summed E-state index contributed by atoms with van der Waals surface area (Å²) in [6.07, 6.45) is 3.69. The number of benzene rings is 1. The molecule has 0 unspecified atom stereocenters. The summed E-state index contributed by atoms with van der Waals surface area (Å²) in [5, 5.41) is 3.00. The monoisotopic (exact) mass is 452 g/mol. The van der Waals surface area contributed by atoms with Gasteiger partial charge < -0.3 is 14.8 Å². The Morgan fingerprint density at radius 3 is 2.48 bits per heavy atom. The van der Waals surface area contributed by atoms with E-state index in [2.05, 4.69) is 23.9 Å². The average Bonchev–Trinajstić information content (AvgIpc) is 3.54. The van der Waals surface area contributed by atoms with Crippen LogP contribution in [0.3, 0.4) is 0 Å². The van der Waals surface area contributed by atoms with Gasteiger partial charge in [-0.25, -0.2) is 17.9 Å². The second-order valence-corrected chi connectivity index (χ2v) is 10.4. The molecule has 9 heteroatoms. The van der Waals surface area contributed by atoms with Crippen LogP contribution in [0.1, 0.15) is 63.2 Å². The molecular formula is C22H32N2O6S. The van der Waals surface area contributed by atoms with Crippen molar-refractivity contribution in [3.63, 3.8) is 0 Å². The number of hydrogen-bond donors (Lipinski definition) is 2. The SMILES string of the molecule is COc1ccc(C(=O)O[C@H](C)C(=O)N[C@@H]2CCC[C@H](C)[C@@H]2C)cc1S(=O)(=O)NC1CC1. The molecule has 2 fully saturated rings. The van der Waals surface area contributed by atoms with Crippen molar-refractivity contribution >= 4 is 21.9 Å². The zero-order valence-corrected chi connectivity index (χ0v) is 19.3. The molecule has 0 saturated heterocycles. The number of rotatable bonds is 8. The van der Waals surface area contributed by atoms with Gasteiger partial charge in [-0.15, -0.1) is 0 Å². The van der Waals surface area contributed by atoms with E-state index < -0.39 is 22.1 Å². The summed E-state index contributed by atoms with van der Waals surface area (Å²) in [6.45, 7) is 5.82. The molecule has 0 spiro atoms. The Balaban J connectivity index is 1.68. The van der Waals surface area contributed by atoms with Crippen molar-refractivity contribution in [1.82, 2.24) is 10.0 Å². The van der Waals surface area contributed by atoms with Crippen LogP contribution >= 0.6 is 0 Å². The summed E-state index contributed by atoms with van der Waals surface area (Å²) in [6, 6.07) is 4.03. The van der Waals surface area contributed by atoms with Gasteiger partial charge in [0.05, 0.1) is 12.7 Å². The van der Waals surface area contributed by atoms with Gasteiger partial charge in [0.1, 0.15) is 10.6 Å². The first kappa shape index (κ1) is 23.5. The molecular weight excluding hydrogens is 420 g/mol. The fraction of sp³-hybridized carbons (Fsp3) is 0.636. The molecule has 2 saturated carbocycles. The Bertz CT molecular complexity index is 928. The highest BCUT2D eigenvalue weighted by molar-refractivity contribution is 7.89. The van der Waals surface area contributed by atoms with Crippen LogP contribution in [0.4, 0.5) is 0 Å². The lowest BCUT2D eigenvalue weighted by atomic mass is 9.78. The zero-order chi connectivity index (χ0) is 22.8. The molecule has 172 valence electrons. The molecule has 1 aromatic carbocycles. The lowest BCUT2D eigenvalue weighted by molar-refractivity contribution is -0.130. The first-order chi connectivity index (χ1) is 14.6. The van der Waals surface area contributed by atoms with Crippen LogP contribution in [-0.4, -0.2) is 45.6 Å². The summed E-state index contributed by atoms with van der Waals surface area (Å²) in [5.74, 6) is -0.0973. The summed E-state index contributed by atoms with van der Waals surface area (Å²) in [7, 11) is -2.47. The standard InChI is InChI=1S/C22H32N2O6S/c1-13-6-5-7-18(14(13)2)23-21(25)15(3)30-22(26)16-8-11-19(29-4)20(12-16)31(27,28)24-17-9-10-17/h8,11-15,17-18,24H,5-7,9-10H2,1-4H3,(H,23,25)/t13-,14-,15+,18+/m0/s1. The van der Waals surface area contributed by atoms with Gasteiger partial charge in [-0.2, -0.15) is 0 Å². The van der Waals surface area contributed by atoms with Crippen molar-refractivity contribution in [1.29, 1.82) is 0 Å². The van der Waals surface area contributed by atoms with E-state index in [0.717, 1.165) is 32.1 Å². The molecule has 8 nitrogen and oxygen atoms in total. The van der Waals surface area contributed by atoms with Gasteiger partial charge >= 0.3 is 5.97 Å². The number of sulfonamides is 1.